The molecule has 2 fully saturated rings. The number of hydrogen-bond donors (Lipinski definition) is 0. The first-order valence-corrected chi connectivity index (χ1v) is 10.9. The highest BCUT2D eigenvalue weighted by atomic mass is 32.2. The van der Waals surface area contributed by atoms with Crippen LogP contribution < -0.4 is 4.74 Å². The molecule has 3 rings (SSSR count). The van der Waals surface area contributed by atoms with Gasteiger partial charge in [-0.25, -0.2) is 13.2 Å². The molecule has 2 aliphatic rings. The summed E-state index contributed by atoms with van der Waals surface area (Å²) in [5.41, 5.74) is 2.02. The van der Waals surface area contributed by atoms with Crippen molar-refractivity contribution in [1.29, 1.82) is 0 Å². The second kappa shape index (κ2) is 7.88. The van der Waals surface area contributed by atoms with Crippen LogP contribution in [0.2, 0.25) is 0 Å². The minimum absolute atomic E-state index is 0.000994. The van der Waals surface area contributed by atoms with Gasteiger partial charge in [0.05, 0.1) is 11.5 Å². The van der Waals surface area contributed by atoms with Gasteiger partial charge in [0, 0.05) is 12.1 Å². The van der Waals surface area contributed by atoms with Gasteiger partial charge < -0.3 is 14.4 Å². The molecule has 1 heterocycles. The average molecular weight is 395 g/mol. The van der Waals surface area contributed by atoms with E-state index in [-0.39, 0.29) is 42.7 Å². The Morgan fingerprint density at radius 1 is 1.11 bits per heavy atom. The van der Waals surface area contributed by atoms with Crippen LogP contribution in [-0.2, 0) is 24.2 Å². The summed E-state index contributed by atoms with van der Waals surface area (Å²) in [5.74, 6) is -0.256. The van der Waals surface area contributed by atoms with Crippen molar-refractivity contribution in [2.45, 2.75) is 45.2 Å². The Morgan fingerprint density at radius 3 is 2.44 bits per heavy atom. The third kappa shape index (κ3) is 5.22. The average Bonchev–Trinajstić information content (AvgIpc) is 3.35. The first-order chi connectivity index (χ1) is 12.7. The predicted molar refractivity (Wildman–Crippen MR) is 99.3 cm³/mol. The fourth-order valence-corrected chi connectivity index (χ4v) is 5.12. The Bertz CT molecular complexity index is 831. The van der Waals surface area contributed by atoms with Gasteiger partial charge in [-0.1, -0.05) is 17.7 Å². The molecule has 0 aromatic heterocycles. The quantitative estimate of drug-likeness (QED) is 0.649. The predicted octanol–water partition coefficient (Wildman–Crippen LogP) is 1.40. The van der Waals surface area contributed by atoms with Crippen molar-refractivity contribution in [1.82, 2.24) is 4.90 Å². The van der Waals surface area contributed by atoms with Gasteiger partial charge in [0.25, 0.3) is 5.91 Å². The highest BCUT2D eigenvalue weighted by Crippen LogP contribution is 2.32. The Balaban J connectivity index is 1.49. The summed E-state index contributed by atoms with van der Waals surface area (Å²) in [6, 6.07) is 5.40. The van der Waals surface area contributed by atoms with E-state index in [0.717, 1.165) is 24.0 Å². The molecule has 1 aliphatic heterocycles. The molecule has 1 saturated carbocycles. The van der Waals surface area contributed by atoms with Gasteiger partial charge in [0.15, 0.2) is 23.1 Å². The lowest BCUT2D eigenvalue weighted by molar-refractivity contribution is -0.154. The van der Waals surface area contributed by atoms with Crippen molar-refractivity contribution in [3.8, 4) is 5.75 Å². The zero-order valence-electron chi connectivity index (χ0n) is 15.6. The summed E-state index contributed by atoms with van der Waals surface area (Å²) in [5, 5.41) is 0. The largest absolute Gasteiger partial charge is 0.482 e. The molecule has 1 aliphatic carbocycles. The van der Waals surface area contributed by atoms with E-state index in [9.17, 15) is 18.0 Å². The van der Waals surface area contributed by atoms with Gasteiger partial charge in [0.2, 0.25) is 0 Å². The van der Waals surface area contributed by atoms with E-state index in [0.29, 0.717) is 12.2 Å². The van der Waals surface area contributed by atoms with Crippen LogP contribution in [0, 0.1) is 13.8 Å². The van der Waals surface area contributed by atoms with Gasteiger partial charge >= 0.3 is 5.97 Å². The summed E-state index contributed by atoms with van der Waals surface area (Å²) in [4.78, 5) is 26.0. The maximum absolute atomic E-state index is 12.5. The molecular weight excluding hydrogens is 370 g/mol. The fourth-order valence-electron chi connectivity index (χ4n) is 3.41. The second-order valence-electron chi connectivity index (χ2n) is 7.31. The SMILES string of the molecule is Cc1ccc(OCC(=O)OCC(=O)N(C2CC2)[C@H]2CCS(=O)(=O)C2)c(C)c1. The Morgan fingerprint density at radius 2 is 1.85 bits per heavy atom. The first kappa shape index (κ1) is 19.7. The van der Waals surface area contributed by atoms with Gasteiger partial charge in [-0.15, -0.1) is 0 Å². The van der Waals surface area contributed by atoms with E-state index in [2.05, 4.69) is 0 Å². The molecule has 27 heavy (non-hydrogen) atoms. The number of nitrogens with zero attached hydrogens (tertiary/aromatic N) is 1. The molecule has 1 atom stereocenters. The monoisotopic (exact) mass is 395 g/mol. The summed E-state index contributed by atoms with van der Waals surface area (Å²) in [6.07, 6.45) is 2.19. The van der Waals surface area contributed by atoms with Crippen LogP contribution in [0.3, 0.4) is 0 Å². The van der Waals surface area contributed by atoms with Crippen molar-refractivity contribution in [2.24, 2.45) is 0 Å². The fraction of sp³-hybridized carbons (Fsp3) is 0.579. The molecular formula is C19H25NO6S. The molecule has 148 valence electrons. The zero-order chi connectivity index (χ0) is 19.6. The highest BCUT2D eigenvalue weighted by Gasteiger charge is 2.42. The van der Waals surface area contributed by atoms with Gasteiger partial charge in [-0.05, 0) is 44.7 Å². The third-order valence-corrected chi connectivity index (χ3v) is 6.61. The number of sulfone groups is 1. The van der Waals surface area contributed by atoms with Crippen LogP contribution in [0.15, 0.2) is 18.2 Å². The minimum Gasteiger partial charge on any atom is -0.482 e. The number of carbonyl (C=O) groups excluding carboxylic acids is 2. The van der Waals surface area contributed by atoms with Crippen molar-refractivity contribution in [2.75, 3.05) is 24.7 Å². The number of benzene rings is 1. The van der Waals surface area contributed by atoms with E-state index < -0.39 is 15.8 Å². The number of aryl methyl sites for hydroxylation is 2. The lowest BCUT2D eigenvalue weighted by Crippen LogP contribution is -2.45. The lowest BCUT2D eigenvalue weighted by Gasteiger charge is -2.28. The Hall–Kier alpha value is -2.09. The van der Waals surface area contributed by atoms with Crippen LogP contribution in [0.5, 0.6) is 5.75 Å². The number of amides is 1. The van der Waals surface area contributed by atoms with Crippen LogP contribution in [-0.4, -0.2) is 62.0 Å². The number of esters is 1. The van der Waals surface area contributed by atoms with E-state index in [1.807, 2.05) is 26.0 Å². The maximum Gasteiger partial charge on any atom is 0.344 e. The van der Waals surface area contributed by atoms with Gasteiger partial charge in [0.1, 0.15) is 5.75 Å². The second-order valence-corrected chi connectivity index (χ2v) is 9.54. The van der Waals surface area contributed by atoms with Crippen molar-refractivity contribution >= 4 is 21.7 Å². The van der Waals surface area contributed by atoms with Gasteiger partial charge in [-0.3, -0.25) is 4.79 Å². The third-order valence-electron chi connectivity index (χ3n) is 4.86. The van der Waals surface area contributed by atoms with Gasteiger partial charge in [-0.2, -0.15) is 0 Å². The lowest BCUT2D eigenvalue weighted by atomic mass is 10.1. The topological polar surface area (TPSA) is 90.0 Å². The molecule has 1 saturated heterocycles. The highest BCUT2D eigenvalue weighted by molar-refractivity contribution is 7.91. The van der Waals surface area contributed by atoms with Crippen LogP contribution in [0.4, 0.5) is 0 Å². The zero-order valence-corrected chi connectivity index (χ0v) is 16.5. The number of ether oxygens (including phenoxy) is 2. The van der Waals surface area contributed by atoms with E-state index in [4.69, 9.17) is 9.47 Å². The normalized spacial score (nSPS) is 20.9. The molecule has 1 aromatic rings. The standard InChI is InChI=1S/C19H25NO6S/c1-13-3-6-17(14(2)9-13)25-11-19(22)26-10-18(21)20(15-4-5-15)16-7-8-27(23,24)12-16/h3,6,9,15-16H,4-5,7-8,10-12H2,1-2H3/t16-/m0/s1. The van der Waals surface area contributed by atoms with E-state index in [1.54, 1.807) is 11.0 Å². The summed E-state index contributed by atoms with van der Waals surface area (Å²) < 4.78 is 33.9. The van der Waals surface area contributed by atoms with Crippen LogP contribution in [0.1, 0.15) is 30.4 Å². The summed E-state index contributed by atoms with van der Waals surface area (Å²) in [6.45, 7) is 3.19. The Labute approximate surface area is 159 Å². The van der Waals surface area contributed by atoms with E-state index >= 15 is 0 Å². The molecule has 0 spiro atoms. The van der Waals surface area contributed by atoms with Crippen molar-refractivity contribution in [3.63, 3.8) is 0 Å². The molecule has 7 nitrogen and oxygen atoms in total. The molecule has 0 N–H and O–H groups in total. The Kier molecular flexibility index (Phi) is 5.74. The van der Waals surface area contributed by atoms with Crippen LogP contribution >= 0.6 is 0 Å². The molecule has 1 amide bonds. The number of hydrogen-bond acceptors (Lipinski definition) is 6. The van der Waals surface area contributed by atoms with Crippen LogP contribution in [0.25, 0.3) is 0 Å². The maximum atomic E-state index is 12.5. The summed E-state index contributed by atoms with van der Waals surface area (Å²) in [7, 11) is -3.08. The number of carbonyl (C=O) groups is 2. The smallest absolute Gasteiger partial charge is 0.344 e. The first-order valence-electron chi connectivity index (χ1n) is 9.12. The minimum atomic E-state index is -3.08. The molecule has 0 radical (unpaired) electrons. The molecule has 8 heteroatoms. The molecule has 1 aromatic carbocycles. The van der Waals surface area contributed by atoms with Crippen molar-refractivity contribution in [3.05, 3.63) is 29.3 Å². The van der Waals surface area contributed by atoms with E-state index in [1.165, 1.54) is 0 Å². The molecule has 0 unspecified atom stereocenters. The summed E-state index contributed by atoms with van der Waals surface area (Å²) >= 11 is 0. The van der Waals surface area contributed by atoms with Crippen molar-refractivity contribution < 1.29 is 27.5 Å². The molecule has 0 bridgehead atoms. The number of rotatable bonds is 7.